The van der Waals surface area contributed by atoms with Gasteiger partial charge in [0.25, 0.3) is 5.91 Å². The highest BCUT2D eigenvalue weighted by atomic mass is 19.4. The first-order valence-corrected chi connectivity index (χ1v) is 13.7. The number of benzene rings is 2. The zero-order valence-corrected chi connectivity index (χ0v) is 23.2. The van der Waals surface area contributed by atoms with Crippen molar-refractivity contribution in [3.8, 4) is 22.8 Å². The molecule has 228 valence electrons. The van der Waals surface area contributed by atoms with Gasteiger partial charge in [-0.3, -0.25) is 14.6 Å². The van der Waals surface area contributed by atoms with Crippen LogP contribution in [0.4, 0.5) is 17.6 Å². The Morgan fingerprint density at radius 1 is 1.16 bits per heavy atom. The van der Waals surface area contributed by atoms with Gasteiger partial charge in [-0.25, -0.2) is 9.37 Å². The number of carbonyl (C=O) groups is 2. The number of carbonyl (C=O) groups excluding carboxylic acids is 2. The zero-order valence-electron chi connectivity index (χ0n) is 23.2. The Labute approximate surface area is 248 Å². The molecule has 2 aliphatic rings. The Morgan fingerprint density at radius 2 is 1.89 bits per heavy atom. The smallest absolute Gasteiger partial charge is 0.424 e. The minimum absolute atomic E-state index is 0.00529. The maximum Gasteiger partial charge on any atom is 0.424 e. The lowest BCUT2D eigenvalue weighted by Gasteiger charge is -2.31. The van der Waals surface area contributed by atoms with Gasteiger partial charge in [-0.05, 0) is 68.3 Å². The third-order valence-electron chi connectivity index (χ3n) is 7.88. The van der Waals surface area contributed by atoms with E-state index in [1.54, 1.807) is 18.3 Å². The second-order valence-corrected chi connectivity index (χ2v) is 11.1. The van der Waals surface area contributed by atoms with Gasteiger partial charge >= 0.3 is 6.18 Å². The summed E-state index contributed by atoms with van der Waals surface area (Å²) in [5, 5.41) is 14.0. The number of alkyl halides is 3. The van der Waals surface area contributed by atoms with Crippen LogP contribution in [0.15, 0.2) is 60.8 Å². The van der Waals surface area contributed by atoms with Crippen LogP contribution in [0.3, 0.4) is 0 Å². The zero-order chi connectivity index (χ0) is 31.4. The molecule has 1 fully saturated rings. The van der Waals surface area contributed by atoms with Crippen LogP contribution in [-0.4, -0.2) is 52.3 Å². The van der Waals surface area contributed by atoms with E-state index in [4.69, 9.17) is 15.2 Å². The Morgan fingerprint density at radius 3 is 2.55 bits per heavy atom. The van der Waals surface area contributed by atoms with Gasteiger partial charge in [-0.15, -0.1) is 0 Å². The van der Waals surface area contributed by atoms with Gasteiger partial charge in [-0.1, -0.05) is 6.07 Å². The van der Waals surface area contributed by atoms with Crippen LogP contribution in [0.1, 0.15) is 41.4 Å². The van der Waals surface area contributed by atoms with E-state index in [9.17, 15) is 32.3 Å². The van der Waals surface area contributed by atoms with Crippen LogP contribution in [0, 0.1) is 5.82 Å². The van der Waals surface area contributed by atoms with E-state index in [0.29, 0.717) is 16.7 Å². The molecule has 2 aromatic carbocycles. The molecule has 1 aliphatic heterocycles. The Hall–Kier alpha value is -4.78. The van der Waals surface area contributed by atoms with E-state index in [1.807, 2.05) is 0 Å². The largest absolute Gasteiger partial charge is 0.489 e. The molecule has 4 N–H and O–H groups in total. The molecule has 1 aliphatic carbocycles. The summed E-state index contributed by atoms with van der Waals surface area (Å²) < 4.78 is 69.4. The SMILES string of the molecule is C[C@]1(C(N)=O)COc2c1cc([C@@](O)(CNC(=O)c1cc(OC3CC3)c3ncccc3c1)C(F)(F)F)nc2-c1ccc(F)cc1. The van der Waals surface area contributed by atoms with E-state index >= 15 is 0 Å². The number of aromatic nitrogens is 2. The minimum atomic E-state index is -5.35. The predicted molar refractivity (Wildman–Crippen MR) is 149 cm³/mol. The van der Waals surface area contributed by atoms with Crippen LogP contribution in [0.5, 0.6) is 11.5 Å². The summed E-state index contributed by atoms with van der Waals surface area (Å²) in [5.74, 6) is -2.10. The van der Waals surface area contributed by atoms with E-state index in [-0.39, 0.29) is 40.8 Å². The van der Waals surface area contributed by atoms with Gasteiger partial charge in [0.1, 0.15) is 40.5 Å². The van der Waals surface area contributed by atoms with E-state index < -0.39 is 47.1 Å². The average molecular weight is 611 g/mol. The lowest BCUT2D eigenvalue weighted by atomic mass is 9.81. The lowest BCUT2D eigenvalue weighted by molar-refractivity contribution is -0.265. The van der Waals surface area contributed by atoms with Crippen molar-refractivity contribution in [2.75, 3.05) is 13.2 Å². The topological polar surface area (TPSA) is 137 Å². The molecule has 0 saturated heterocycles. The number of amides is 2. The fourth-order valence-corrected chi connectivity index (χ4v) is 4.99. The number of aliphatic hydroxyl groups is 1. The molecule has 6 rings (SSSR count). The van der Waals surface area contributed by atoms with Gasteiger partial charge in [0.2, 0.25) is 11.5 Å². The molecule has 4 aromatic rings. The van der Waals surface area contributed by atoms with Gasteiger partial charge < -0.3 is 25.6 Å². The second kappa shape index (κ2) is 10.4. The summed E-state index contributed by atoms with van der Waals surface area (Å²) in [5.41, 5.74) is -0.137. The number of halogens is 4. The molecule has 0 bridgehead atoms. The number of pyridine rings is 2. The molecule has 2 atom stereocenters. The maximum absolute atomic E-state index is 14.7. The number of nitrogens with zero attached hydrogens (tertiary/aromatic N) is 2. The third-order valence-corrected chi connectivity index (χ3v) is 7.88. The van der Waals surface area contributed by atoms with Crippen molar-refractivity contribution >= 4 is 22.7 Å². The fraction of sp³-hybridized carbons (Fsp3) is 0.290. The first-order valence-electron chi connectivity index (χ1n) is 13.7. The Balaban J connectivity index is 1.40. The first-order chi connectivity index (χ1) is 20.8. The molecular formula is C31H26F4N4O5. The quantitative estimate of drug-likeness (QED) is 0.253. The minimum Gasteiger partial charge on any atom is -0.489 e. The summed E-state index contributed by atoms with van der Waals surface area (Å²) in [4.78, 5) is 34.1. The molecule has 1 saturated carbocycles. The second-order valence-electron chi connectivity index (χ2n) is 11.1. The van der Waals surface area contributed by atoms with E-state index in [0.717, 1.165) is 31.0 Å². The molecule has 13 heteroatoms. The fourth-order valence-electron chi connectivity index (χ4n) is 4.99. The molecule has 3 heterocycles. The van der Waals surface area contributed by atoms with Crippen LogP contribution in [0.25, 0.3) is 22.2 Å². The summed E-state index contributed by atoms with van der Waals surface area (Å²) in [6.45, 7) is -0.230. The van der Waals surface area contributed by atoms with Crippen LogP contribution >= 0.6 is 0 Å². The van der Waals surface area contributed by atoms with Crippen LogP contribution < -0.4 is 20.5 Å². The highest BCUT2D eigenvalue weighted by Crippen LogP contribution is 2.47. The molecule has 9 nitrogen and oxygen atoms in total. The molecule has 44 heavy (non-hydrogen) atoms. The molecular weight excluding hydrogens is 584 g/mol. The number of nitrogens with two attached hydrogens (primary N) is 1. The Kier molecular flexibility index (Phi) is 6.95. The summed E-state index contributed by atoms with van der Waals surface area (Å²) in [7, 11) is 0. The monoisotopic (exact) mass is 610 g/mol. The van der Waals surface area contributed by atoms with Crippen molar-refractivity contribution in [2.45, 2.75) is 43.1 Å². The van der Waals surface area contributed by atoms with Crippen molar-refractivity contribution < 1.29 is 41.7 Å². The van der Waals surface area contributed by atoms with Gasteiger partial charge in [0.05, 0.1) is 18.3 Å². The predicted octanol–water partition coefficient (Wildman–Crippen LogP) is 4.29. The average Bonchev–Trinajstić information content (AvgIpc) is 3.74. The lowest BCUT2D eigenvalue weighted by Crippen LogP contribution is -2.51. The van der Waals surface area contributed by atoms with Crippen molar-refractivity contribution in [3.63, 3.8) is 0 Å². The first kappa shape index (κ1) is 29.3. The molecule has 0 spiro atoms. The molecule has 2 amide bonds. The van der Waals surface area contributed by atoms with Gasteiger partial charge in [-0.2, -0.15) is 13.2 Å². The number of fused-ring (bicyclic) bond motifs is 2. The Bertz CT molecular complexity index is 1790. The molecule has 0 unspecified atom stereocenters. The number of hydrogen-bond acceptors (Lipinski definition) is 7. The number of hydrogen-bond donors (Lipinski definition) is 3. The van der Waals surface area contributed by atoms with E-state index in [1.165, 1.54) is 31.2 Å². The van der Waals surface area contributed by atoms with Gasteiger partial charge in [0.15, 0.2) is 0 Å². The van der Waals surface area contributed by atoms with Crippen LogP contribution in [-0.2, 0) is 15.8 Å². The summed E-state index contributed by atoms with van der Waals surface area (Å²) in [6.07, 6.45) is -2.17. The van der Waals surface area contributed by atoms with Gasteiger partial charge in [0, 0.05) is 28.3 Å². The number of primary amides is 1. The molecule has 0 radical (unpaired) electrons. The van der Waals surface area contributed by atoms with Crippen molar-refractivity contribution in [1.82, 2.24) is 15.3 Å². The van der Waals surface area contributed by atoms with Crippen LogP contribution in [0.2, 0.25) is 0 Å². The highest BCUT2D eigenvalue weighted by Gasteiger charge is 2.57. The number of ether oxygens (including phenoxy) is 2. The van der Waals surface area contributed by atoms with Crippen molar-refractivity contribution in [2.24, 2.45) is 5.73 Å². The molecule has 2 aromatic heterocycles. The third kappa shape index (κ3) is 5.06. The summed E-state index contributed by atoms with van der Waals surface area (Å²) in [6, 6.07) is 11.8. The standard InChI is InChI=1S/C31H26F4N4O5/c1-29(28(36)41)15-43-26-21(29)13-23(39-25(26)16-4-6-19(32)7-5-16)30(42,31(33,34)35)14-38-27(40)18-11-17-3-2-10-37-24(17)22(12-18)44-20-8-9-20/h2-7,10-13,20,42H,8-9,14-15H2,1H3,(H2,36,41)(H,38,40)/t29-,30-/m0/s1. The van der Waals surface area contributed by atoms with Crippen molar-refractivity contribution in [1.29, 1.82) is 0 Å². The number of rotatable bonds is 8. The maximum atomic E-state index is 14.7. The normalized spacial score (nSPS) is 19.1. The number of nitrogens with one attached hydrogen (secondary N) is 1. The van der Waals surface area contributed by atoms with E-state index in [2.05, 4.69) is 15.3 Å². The van der Waals surface area contributed by atoms with Crippen molar-refractivity contribution in [3.05, 3.63) is 83.4 Å². The summed E-state index contributed by atoms with van der Waals surface area (Å²) >= 11 is 0. The highest BCUT2D eigenvalue weighted by molar-refractivity contribution is 6.00.